The fraction of sp³-hybridized carbons (Fsp3) is 0.846. The molecule has 17 heavy (non-hydrogen) atoms. The van der Waals surface area contributed by atoms with Gasteiger partial charge in [-0.25, -0.2) is 0 Å². The van der Waals surface area contributed by atoms with Crippen LogP contribution in [0.4, 0.5) is 0 Å². The normalized spacial score (nSPS) is 43.2. The smallest absolute Gasteiger partial charge is 0.142 e. The van der Waals surface area contributed by atoms with E-state index in [4.69, 9.17) is 11.6 Å². The molecule has 1 aromatic rings. The lowest BCUT2D eigenvalue weighted by atomic mass is 9.49. The minimum absolute atomic E-state index is 0.567. The topological polar surface area (TPSA) is 25.8 Å². The molecule has 4 aliphatic rings. The first-order valence-corrected chi connectivity index (χ1v) is 7.88. The van der Waals surface area contributed by atoms with E-state index in [1.807, 2.05) is 0 Å². The molecule has 92 valence electrons. The van der Waals surface area contributed by atoms with Gasteiger partial charge in [0.05, 0.1) is 0 Å². The predicted molar refractivity (Wildman–Crippen MR) is 69.2 cm³/mol. The van der Waals surface area contributed by atoms with Crippen LogP contribution in [0.15, 0.2) is 0 Å². The van der Waals surface area contributed by atoms with Gasteiger partial charge in [0.1, 0.15) is 5.01 Å². The van der Waals surface area contributed by atoms with Crippen LogP contribution in [0.3, 0.4) is 0 Å². The highest BCUT2D eigenvalue weighted by Gasteiger charge is 2.50. The van der Waals surface area contributed by atoms with Crippen molar-refractivity contribution in [1.82, 2.24) is 10.2 Å². The van der Waals surface area contributed by atoms with Crippen molar-refractivity contribution in [3.8, 4) is 0 Å². The van der Waals surface area contributed by atoms with Crippen molar-refractivity contribution in [3.63, 3.8) is 0 Å². The second kappa shape index (κ2) is 3.67. The molecule has 0 aliphatic heterocycles. The number of aromatic nitrogens is 2. The Hall–Kier alpha value is -0.150. The summed E-state index contributed by atoms with van der Waals surface area (Å²) in [5.41, 5.74) is 0.567. The summed E-state index contributed by atoms with van der Waals surface area (Å²) in [6.45, 7) is 0. The Morgan fingerprint density at radius 3 is 2.12 bits per heavy atom. The van der Waals surface area contributed by atoms with E-state index in [1.165, 1.54) is 38.5 Å². The van der Waals surface area contributed by atoms with Crippen molar-refractivity contribution < 1.29 is 0 Å². The van der Waals surface area contributed by atoms with Crippen LogP contribution < -0.4 is 0 Å². The van der Waals surface area contributed by atoms with Gasteiger partial charge in [0.15, 0.2) is 0 Å². The molecule has 5 rings (SSSR count). The maximum atomic E-state index is 5.89. The maximum Gasteiger partial charge on any atom is 0.207 e. The quantitative estimate of drug-likeness (QED) is 0.812. The molecule has 2 nitrogen and oxygen atoms in total. The van der Waals surface area contributed by atoms with E-state index in [0.717, 1.165) is 29.2 Å². The van der Waals surface area contributed by atoms with Crippen molar-refractivity contribution in [2.75, 3.05) is 0 Å². The summed E-state index contributed by atoms with van der Waals surface area (Å²) in [5.74, 6) is 3.05. The van der Waals surface area contributed by atoms with Crippen LogP contribution in [0, 0.1) is 23.2 Å². The molecule has 0 atom stereocenters. The largest absolute Gasteiger partial charge is 0.207 e. The van der Waals surface area contributed by atoms with Gasteiger partial charge in [0, 0.05) is 6.42 Å². The minimum Gasteiger partial charge on any atom is -0.142 e. The van der Waals surface area contributed by atoms with E-state index in [-0.39, 0.29) is 0 Å². The Morgan fingerprint density at radius 1 is 1.06 bits per heavy atom. The summed E-state index contributed by atoms with van der Waals surface area (Å²) in [6.07, 6.45) is 9.99. The van der Waals surface area contributed by atoms with Crippen LogP contribution in [-0.2, 0) is 6.42 Å². The van der Waals surface area contributed by atoms with Crippen LogP contribution in [-0.4, -0.2) is 10.2 Å². The second-order valence-electron chi connectivity index (χ2n) is 6.54. The number of halogens is 1. The molecule has 4 aliphatic carbocycles. The molecule has 4 heteroatoms. The molecular weight excluding hydrogens is 252 g/mol. The first-order valence-electron chi connectivity index (χ1n) is 6.69. The first-order chi connectivity index (χ1) is 8.21. The Labute approximate surface area is 111 Å². The third-order valence-corrected chi connectivity index (χ3v) is 6.15. The van der Waals surface area contributed by atoms with E-state index in [0.29, 0.717) is 9.88 Å². The molecule has 0 saturated heterocycles. The fourth-order valence-corrected chi connectivity index (χ4v) is 6.17. The monoisotopic (exact) mass is 268 g/mol. The van der Waals surface area contributed by atoms with Crippen molar-refractivity contribution in [2.24, 2.45) is 23.2 Å². The lowest BCUT2D eigenvalue weighted by molar-refractivity contribution is -0.0522. The van der Waals surface area contributed by atoms with Gasteiger partial charge in [0.2, 0.25) is 4.47 Å². The summed E-state index contributed by atoms with van der Waals surface area (Å²) in [4.78, 5) is 0. The van der Waals surface area contributed by atoms with Gasteiger partial charge in [-0.3, -0.25) is 0 Å². The Balaban J connectivity index is 1.60. The minimum atomic E-state index is 0.567. The fourth-order valence-electron chi connectivity index (χ4n) is 5.13. The van der Waals surface area contributed by atoms with Gasteiger partial charge in [-0.15, -0.1) is 10.2 Å². The summed E-state index contributed by atoms with van der Waals surface area (Å²) in [6, 6.07) is 0. The average Bonchev–Trinajstić information content (AvgIpc) is 2.60. The summed E-state index contributed by atoms with van der Waals surface area (Å²) in [5, 5.41) is 9.34. The summed E-state index contributed by atoms with van der Waals surface area (Å²) >= 11 is 7.47. The molecule has 0 unspecified atom stereocenters. The second-order valence-corrected chi connectivity index (χ2v) is 8.19. The highest BCUT2D eigenvalue weighted by molar-refractivity contribution is 7.15. The van der Waals surface area contributed by atoms with E-state index in [9.17, 15) is 0 Å². The summed E-state index contributed by atoms with van der Waals surface area (Å²) < 4.78 is 0.602. The molecule has 4 saturated carbocycles. The van der Waals surface area contributed by atoms with Crippen molar-refractivity contribution in [3.05, 3.63) is 9.47 Å². The highest BCUT2D eigenvalue weighted by Crippen LogP contribution is 2.61. The Kier molecular flexibility index (Phi) is 2.32. The van der Waals surface area contributed by atoms with Crippen molar-refractivity contribution >= 4 is 22.9 Å². The number of nitrogens with zero attached hydrogens (tertiary/aromatic N) is 2. The van der Waals surface area contributed by atoms with E-state index < -0.39 is 0 Å². The third kappa shape index (κ3) is 1.82. The standard InChI is InChI=1S/C13H17ClN2S/c14-12-16-15-11(17-12)7-13-4-8-1-9(5-13)3-10(2-8)6-13/h8-10H,1-7H2. The molecule has 0 spiro atoms. The molecule has 4 bridgehead atoms. The number of hydrogen-bond acceptors (Lipinski definition) is 3. The van der Waals surface area contributed by atoms with Gasteiger partial charge in [-0.1, -0.05) is 11.3 Å². The molecule has 4 fully saturated rings. The molecule has 0 aromatic carbocycles. The lowest BCUT2D eigenvalue weighted by Gasteiger charge is -2.56. The molecular formula is C13H17ClN2S. The van der Waals surface area contributed by atoms with Crippen LogP contribution in [0.1, 0.15) is 43.5 Å². The predicted octanol–water partition coefficient (Wildman–Crippen LogP) is 3.95. The highest BCUT2D eigenvalue weighted by atomic mass is 35.5. The molecule has 0 amide bonds. The number of rotatable bonds is 2. The van der Waals surface area contributed by atoms with Gasteiger partial charge >= 0.3 is 0 Å². The van der Waals surface area contributed by atoms with Crippen LogP contribution in [0.2, 0.25) is 4.47 Å². The van der Waals surface area contributed by atoms with E-state index in [2.05, 4.69) is 10.2 Å². The van der Waals surface area contributed by atoms with Crippen LogP contribution in [0.5, 0.6) is 0 Å². The average molecular weight is 269 g/mol. The zero-order chi connectivity index (χ0) is 11.5. The van der Waals surface area contributed by atoms with Gasteiger partial charge < -0.3 is 0 Å². The first kappa shape index (κ1) is 10.7. The maximum absolute atomic E-state index is 5.89. The summed E-state index contributed by atoms with van der Waals surface area (Å²) in [7, 11) is 0. The van der Waals surface area contributed by atoms with Gasteiger partial charge in [-0.05, 0) is 73.3 Å². The Bertz CT molecular complexity index is 407. The zero-order valence-electron chi connectivity index (χ0n) is 9.86. The van der Waals surface area contributed by atoms with Crippen molar-refractivity contribution in [2.45, 2.75) is 44.9 Å². The SMILES string of the molecule is Clc1nnc(CC23CC4CC(CC(C4)C2)C3)s1. The van der Waals surface area contributed by atoms with Gasteiger partial charge in [-0.2, -0.15) is 0 Å². The lowest BCUT2D eigenvalue weighted by Crippen LogP contribution is -2.47. The van der Waals surface area contributed by atoms with Crippen LogP contribution >= 0.6 is 22.9 Å². The molecule has 0 radical (unpaired) electrons. The zero-order valence-corrected chi connectivity index (χ0v) is 11.4. The molecule has 1 aromatic heterocycles. The van der Waals surface area contributed by atoms with E-state index in [1.54, 1.807) is 11.3 Å². The molecule has 0 N–H and O–H groups in total. The molecule has 1 heterocycles. The Morgan fingerprint density at radius 2 is 1.65 bits per heavy atom. The van der Waals surface area contributed by atoms with Crippen molar-refractivity contribution in [1.29, 1.82) is 0 Å². The van der Waals surface area contributed by atoms with E-state index >= 15 is 0 Å². The van der Waals surface area contributed by atoms with Crippen LogP contribution in [0.25, 0.3) is 0 Å². The number of hydrogen-bond donors (Lipinski definition) is 0. The third-order valence-electron chi connectivity index (χ3n) is 5.13. The van der Waals surface area contributed by atoms with Gasteiger partial charge in [0.25, 0.3) is 0 Å².